The lowest BCUT2D eigenvalue weighted by Crippen LogP contribution is -2.51. The zero-order valence-electron chi connectivity index (χ0n) is 24.2. The van der Waals surface area contributed by atoms with Crippen molar-refractivity contribution in [2.24, 2.45) is 5.41 Å². The van der Waals surface area contributed by atoms with Gasteiger partial charge in [-0.3, -0.25) is 4.90 Å². The summed E-state index contributed by atoms with van der Waals surface area (Å²) < 4.78 is 23.0. The van der Waals surface area contributed by atoms with E-state index >= 15 is 4.39 Å². The Balaban J connectivity index is 1.19. The molecule has 3 saturated heterocycles. The number of hydrogen-bond donors (Lipinski definition) is 2. The molecule has 3 aromatic carbocycles. The molecule has 2 bridgehead atoms. The number of ether oxygens (including phenoxy) is 1. The molecule has 4 fully saturated rings. The standard InChI is InChI=1S/C34H38FN5O2/c1-21-5-4-14-39(21)19-34(12-13-34)20-42-33-37-31-28(32(38-33)40-17-23-8-9-24(18-40)36-23)11-10-27(30(31)35)29-16-25(41)15-22-6-2-3-7-26(22)29/h2-3,6-7,10-11,15-16,21,23-24,36,41H,4-5,8-9,12-14,17-20H2,1H3/t21-,23?,24?/m0/s1. The van der Waals surface area contributed by atoms with E-state index in [1.54, 1.807) is 18.2 Å². The van der Waals surface area contributed by atoms with Gasteiger partial charge in [0.1, 0.15) is 17.1 Å². The summed E-state index contributed by atoms with van der Waals surface area (Å²) in [6.45, 7) is 6.73. The van der Waals surface area contributed by atoms with Gasteiger partial charge in [0.2, 0.25) is 0 Å². The van der Waals surface area contributed by atoms with Gasteiger partial charge in [-0.2, -0.15) is 9.97 Å². The summed E-state index contributed by atoms with van der Waals surface area (Å²) in [5.41, 5.74) is 1.45. The predicted molar refractivity (Wildman–Crippen MR) is 164 cm³/mol. The van der Waals surface area contributed by atoms with Crippen LogP contribution >= 0.6 is 0 Å². The lowest BCUT2D eigenvalue weighted by atomic mass is 9.96. The lowest BCUT2D eigenvalue weighted by Gasteiger charge is -2.34. The van der Waals surface area contributed by atoms with Gasteiger partial charge in [-0.1, -0.05) is 30.3 Å². The van der Waals surface area contributed by atoms with Crippen molar-refractivity contribution in [1.29, 1.82) is 0 Å². The summed E-state index contributed by atoms with van der Waals surface area (Å²) >= 11 is 0. The molecule has 218 valence electrons. The molecule has 4 heterocycles. The number of likely N-dealkylation sites (tertiary alicyclic amines) is 1. The van der Waals surface area contributed by atoms with Crippen LogP contribution in [0.5, 0.6) is 11.8 Å². The number of hydrogen-bond acceptors (Lipinski definition) is 7. The maximum Gasteiger partial charge on any atom is 0.319 e. The van der Waals surface area contributed by atoms with Crippen LogP contribution in [0.25, 0.3) is 32.8 Å². The number of phenols is 1. The van der Waals surface area contributed by atoms with E-state index in [1.165, 1.54) is 12.8 Å². The van der Waals surface area contributed by atoms with Gasteiger partial charge < -0.3 is 20.1 Å². The number of nitrogens with zero attached hydrogens (tertiary/aromatic N) is 4. The van der Waals surface area contributed by atoms with Crippen molar-refractivity contribution in [3.63, 3.8) is 0 Å². The molecule has 2 N–H and O–H groups in total. The monoisotopic (exact) mass is 567 g/mol. The van der Waals surface area contributed by atoms with Gasteiger partial charge in [-0.25, -0.2) is 4.39 Å². The second kappa shape index (κ2) is 10.1. The van der Waals surface area contributed by atoms with Crippen molar-refractivity contribution in [3.05, 3.63) is 54.3 Å². The highest BCUT2D eigenvalue weighted by Crippen LogP contribution is 2.47. The quantitative estimate of drug-likeness (QED) is 0.289. The van der Waals surface area contributed by atoms with Crippen molar-refractivity contribution in [1.82, 2.24) is 20.2 Å². The molecule has 1 aliphatic carbocycles. The fraction of sp³-hybridized carbons (Fsp3) is 0.471. The molecule has 1 aromatic heterocycles. The Hall–Kier alpha value is -3.49. The number of benzene rings is 3. The molecule has 0 amide bonds. The van der Waals surface area contributed by atoms with E-state index in [0.29, 0.717) is 41.2 Å². The smallest absolute Gasteiger partial charge is 0.319 e. The molecule has 8 heteroatoms. The third-order valence-corrected chi connectivity index (χ3v) is 10.1. The Labute approximate surface area is 245 Å². The molecular weight excluding hydrogens is 529 g/mol. The average Bonchev–Trinajstić information content (AvgIpc) is 3.52. The zero-order chi connectivity index (χ0) is 28.4. The number of nitrogens with one attached hydrogen (secondary N) is 1. The molecule has 3 atom stereocenters. The van der Waals surface area contributed by atoms with Gasteiger partial charge in [0, 0.05) is 54.1 Å². The van der Waals surface area contributed by atoms with E-state index in [-0.39, 0.29) is 22.7 Å². The van der Waals surface area contributed by atoms with Crippen LogP contribution in [0.1, 0.15) is 45.4 Å². The minimum atomic E-state index is -0.415. The molecule has 7 nitrogen and oxygen atoms in total. The summed E-state index contributed by atoms with van der Waals surface area (Å²) in [5.74, 6) is 0.438. The van der Waals surface area contributed by atoms with Crippen LogP contribution in [0.15, 0.2) is 48.5 Å². The molecule has 42 heavy (non-hydrogen) atoms. The second-order valence-electron chi connectivity index (χ2n) is 13.2. The van der Waals surface area contributed by atoms with E-state index in [2.05, 4.69) is 22.0 Å². The Morgan fingerprint density at radius 1 is 1.00 bits per heavy atom. The van der Waals surface area contributed by atoms with Crippen LogP contribution < -0.4 is 15.0 Å². The molecule has 0 radical (unpaired) electrons. The van der Waals surface area contributed by atoms with E-state index in [1.807, 2.05) is 30.3 Å². The van der Waals surface area contributed by atoms with Crippen LogP contribution in [-0.2, 0) is 0 Å². The number of anilines is 1. The number of aromatic nitrogens is 2. The summed E-state index contributed by atoms with van der Waals surface area (Å²) in [6, 6.07) is 16.5. The van der Waals surface area contributed by atoms with E-state index in [4.69, 9.17) is 14.7 Å². The second-order valence-corrected chi connectivity index (χ2v) is 13.2. The molecule has 3 aliphatic heterocycles. The number of piperazine rings is 1. The lowest BCUT2D eigenvalue weighted by molar-refractivity contribution is 0.151. The van der Waals surface area contributed by atoms with E-state index in [0.717, 1.165) is 68.5 Å². The highest BCUT2D eigenvalue weighted by atomic mass is 19.1. The molecule has 4 aliphatic rings. The third kappa shape index (κ3) is 4.65. The minimum Gasteiger partial charge on any atom is -0.508 e. The highest BCUT2D eigenvalue weighted by molar-refractivity contribution is 6.01. The Morgan fingerprint density at radius 3 is 2.57 bits per heavy atom. The number of halogens is 1. The average molecular weight is 568 g/mol. The molecule has 2 unspecified atom stereocenters. The normalized spacial score (nSPS) is 25.0. The van der Waals surface area contributed by atoms with Gasteiger partial charge in [-0.15, -0.1) is 0 Å². The van der Waals surface area contributed by atoms with Crippen molar-refractivity contribution < 1.29 is 14.2 Å². The summed E-state index contributed by atoms with van der Waals surface area (Å²) in [5, 5.41) is 16.6. The fourth-order valence-electron chi connectivity index (χ4n) is 7.53. The predicted octanol–water partition coefficient (Wildman–Crippen LogP) is 5.88. The van der Waals surface area contributed by atoms with Crippen molar-refractivity contribution in [3.8, 4) is 22.9 Å². The Kier molecular flexibility index (Phi) is 6.26. The highest BCUT2D eigenvalue weighted by Gasteiger charge is 2.46. The number of aromatic hydroxyl groups is 1. The molecule has 4 aromatic rings. The van der Waals surface area contributed by atoms with Crippen LogP contribution in [0, 0.1) is 11.2 Å². The van der Waals surface area contributed by atoms with Crippen LogP contribution in [0.3, 0.4) is 0 Å². The third-order valence-electron chi connectivity index (χ3n) is 10.1. The van der Waals surface area contributed by atoms with Crippen molar-refractivity contribution in [2.75, 3.05) is 37.7 Å². The summed E-state index contributed by atoms with van der Waals surface area (Å²) in [4.78, 5) is 14.6. The van der Waals surface area contributed by atoms with Gasteiger partial charge in [0.05, 0.1) is 6.61 Å². The summed E-state index contributed by atoms with van der Waals surface area (Å²) in [7, 11) is 0. The molecule has 1 saturated carbocycles. The molecule has 0 spiro atoms. The molecule has 8 rings (SSSR count). The van der Waals surface area contributed by atoms with Crippen LogP contribution in [0.2, 0.25) is 0 Å². The maximum atomic E-state index is 16.6. The Bertz CT molecular complexity index is 1660. The SMILES string of the molecule is C[C@H]1CCCN1CC1(COc2nc(N3CC4CCC(C3)N4)c3ccc(-c4cc(O)cc5ccccc45)c(F)c3n2)CC1. The van der Waals surface area contributed by atoms with Gasteiger partial charge in [0.15, 0.2) is 5.82 Å². The van der Waals surface area contributed by atoms with Crippen LogP contribution in [0.4, 0.5) is 10.2 Å². The first kappa shape index (κ1) is 26.2. The number of phenolic OH excluding ortho intramolecular Hbond substituents is 1. The number of fused-ring (bicyclic) bond motifs is 4. The number of rotatable bonds is 7. The first-order valence-corrected chi connectivity index (χ1v) is 15.5. The fourth-order valence-corrected chi connectivity index (χ4v) is 7.53. The largest absolute Gasteiger partial charge is 0.508 e. The first-order chi connectivity index (χ1) is 20.4. The van der Waals surface area contributed by atoms with Crippen molar-refractivity contribution >= 4 is 27.5 Å². The van der Waals surface area contributed by atoms with E-state index in [9.17, 15) is 5.11 Å². The van der Waals surface area contributed by atoms with E-state index < -0.39 is 5.82 Å². The van der Waals surface area contributed by atoms with Gasteiger partial charge in [-0.05, 0) is 86.5 Å². The maximum absolute atomic E-state index is 16.6. The van der Waals surface area contributed by atoms with Gasteiger partial charge in [0.25, 0.3) is 0 Å². The van der Waals surface area contributed by atoms with Gasteiger partial charge >= 0.3 is 6.01 Å². The topological polar surface area (TPSA) is 73.8 Å². The zero-order valence-corrected chi connectivity index (χ0v) is 24.2. The van der Waals surface area contributed by atoms with Crippen LogP contribution in [-0.4, -0.2) is 70.9 Å². The summed E-state index contributed by atoms with van der Waals surface area (Å²) in [6.07, 6.45) is 7.10. The molecular formula is C34H38FN5O2. The minimum absolute atomic E-state index is 0.105. The Morgan fingerprint density at radius 2 is 1.81 bits per heavy atom. The van der Waals surface area contributed by atoms with Crippen molar-refractivity contribution in [2.45, 2.75) is 63.6 Å². The first-order valence-electron chi connectivity index (χ1n) is 15.5.